The van der Waals surface area contributed by atoms with Gasteiger partial charge in [0.1, 0.15) is 11.9 Å². The summed E-state index contributed by atoms with van der Waals surface area (Å²) < 4.78 is 12.9. The predicted octanol–water partition coefficient (Wildman–Crippen LogP) is 1.24. The first-order chi connectivity index (χ1) is 7.18. The van der Waals surface area contributed by atoms with Crippen LogP contribution in [0.5, 0.6) is 0 Å². The molecule has 1 aromatic rings. The van der Waals surface area contributed by atoms with E-state index in [-0.39, 0.29) is 10.9 Å². The van der Waals surface area contributed by atoms with Gasteiger partial charge in [-0.15, -0.1) is 0 Å². The number of piperazine rings is 1. The Morgan fingerprint density at radius 2 is 2.20 bits per heavy atom. The second-order valence-corrected chi connectivity index (χ2v) is 3.76. The van der Waals surface area contributed by atoms with E-state index in [1.54, 1.807) is 6.07 Å². The van der Waals surface area contributed by atoms with Crippen molar-refractivity contribution in [1.29, 1.82) is 0 Å². The van der Waals surface area contributed by atoms with Gasteiger partial charge in [0, 0.05) is 13.1 Å². The summed E-state index contributed by atoms with van der Waals surface area (Å²) in [7, 11) is 0. The Morgan fingerprint density at radius 3 is 2.87 bits per heavy atom. The number of carbonyl (C=O) groups excluding carboxylic acids is 1. The molecule has 0 bridgehead atoms. The molecular weight excluding hydrogens is 219 g/mol. The van der Waals surface area contributed by atoms with Crippen LogP contribution in [0.15, 0.2) is 18.2 Å². The minimum atomic E-state index is -0.475. The largest absolute Gasteiger partial charge is 0.353 e. The number of hydrogen-bond donors (Lipinski definition) is 2. The molecule has 0 saturated carbocycles. The third-order valence-electron chi connectivity index (χ3n) is 2.31. The van der Waals surface area contributed by atoms with Gasteiger partial charge in [-0.1, -0.05) is 17.7 Å². The van der Waals surface area contributed by atoms with Gasteiger partial charge in [0.05, 0.1) is 5.02 Å². The fraction of sp³-hybridized carbons (Fsp3) is 0.300. The second kappa shape index (κ2) is 4.16. The monoisotopic (exact) mass is 228 g/mol. The van der Waals surface area contributed by atoms with Gasteiger partial charge >= 0.3 is 0 Å². The van der Waals surface area contributed by atoms with Crippen molar-refractivity contribution in [3.05, 3.63) is 34.6 Å². The molecule has 1 fully saturated rings. The summed E-state index contributed by atoms with van der Waals surface area (Å²) in [5.74, 6) is -0.583. The highest BCUT2D eigenvalue weighted by atomic mass is 35.5. The Bertz CT molecular complexity index is 397. The lowest BCUT2D eigenvalue weighted by atomic mass is 10.0. The van der Waals surface area contributed by atoms with Crippen molar-refractivity contribution >= 4 is 17.5 Å². The fourth-order valence-corrected chi connectivity index (χ4v) is 1.75. The van der Waals surface area contributed by atoms with Crippen molar-refractivity contribution < 1.29 is 9.18 Å². The molecule has 1 atom stereocenters. The normalized spacial score (nSPS) is 21.2. The van der Waals surface area contributed by atoms with Crippen molar-refractivity contribution in [2.75, 3.05) is 13.1 Å². The number of carbonyl (C=O) groups is 1. The lowest BCUT2D eigenvalue weighted by molar-refractivity contribution is -0.124. The predicted molar refractivity (Wildman–Crippen MR) is 55.2 cm³/mol. The highest BCUT2D eigenvalue weighted by Gasteiger charge is 2.23. The van der Waals surface area contributed by atoms with Crippen LogP contribution in [0.1, 0.15) is 11.6 Å². The van der Waals surface area contributed by atoms with E-state index in [1.165, 1.54) is 12.1 Å². The van der Waals surface area contributed by atoms with Crippen LogP contribution in [0.2, 0.25) is 5.02 Å². The van der Waals surface area contributed by atoms with Crippen LogP contribution < -0.4 is 10.6 Å². The topological polar surface area (TPSA) is 41.1 Å². The Balaban J connectivity index is 2.28. The summed E-state index contributed by atoms with van der Waals surface area (Å²) in [6, 6.07) is 3.86. The average Bonchev–Trinajstić information content (AvgIpc) is 2.23. The number of hydrogen-bond acceptors (Lipinski definition) is 2. The van der Waals surface area contributed by atoms with Crippen LogP contribution in [0, 0.1) is 5.82 Å². The van der Waals surface area contributed by atoms with Gasteiger partial charge in [-0.05, 0) is 17.7 Å². The summed E-state index contributed by atoms with van der Waals surface area (Å²) in [5.41, 5.74) is 0.679. The van der Waals surface area contributed by atoms with Crippen molar-refractivity contribution in [3.63, 3.8) is 0 Å². The van der Waals surface area contributed by atoms with E-state index in [0.717, 1.165) is 0 Å². The summed E-state index contributed by atoms with van der Waals surface area (Å²) in [6.45, 7) is 1.32. The molecule has 1 saturated heterocycles. The first-order valence-electron chi connectivity index (χ1n) is 4.64. The van der Waals surface area contributed by atoms with Gasteiger partial charge in [-0.25, -0.2) is 4.39 Å². The Morgan fingerprint density at radius 1 is 1.40 bits per heavy atom. The van der Waals surface area contributed by atoms with Crippen molar-refractivity contribution in [3.8, 4) is 0 Å². The van der Waals surface area contributed by atoms with Gasteiger partial charge < -0.3 is 10.6 Å². The van der Waals surface area contributed by atoms with Crippen LogP contribution in [-0.4, -0.2) is 19.0 Å². The first-order valence-corrected chi connectivity index (χ1v) is 5.02. The van der Waals surface area contributed by atoms with E-state index in [4.69, 9.17) is 11.6 Å². The molecule has 0 spiro atoms. The van der Waals surface area contributed by atoms with E-state index >= 15 is 0 Å². The van der Waals surface area contributed by atoms with E-state index < -0.39 is 11.9 Å². The molecule has 1 aliphatic heterocycles. The van der Waals surface area contributed by atoms with E-state index in [1.807, 2.05) is 0 Å². The van der Waals surface area contributed by atoms with Crippen molar-refractivity contribution in [2.45, 2.75) is 6.04 Å². The molecule has 1 heterocycles. The number of nitrogens with one attached hydrogen (secondary N) is 2. The van der Waals surface area contributed by atoms with Crippen LogP contribution in [0.25, 0.3) is 0 Å². The molecule has 0 aromatic heterocycles. The van der Waals surface area contributed by atoms with Crippen LogP contribution >= 0.6 is 11.6 Å². The highest BCUT2D eigenvalue weighted by Crippen LogP contribution is 2.21. The van der Waals surface area contributed by atoms with Gasteiger partial charge in [0.2, 0.25) is 5.91 Å². The highest BCUT2D eigenvalue weighted by molar-refractivity contribution is 6.30. The molecule has 1 amide bonds. The Labute approximate surface area is 91.6 Å². The summed E-state index contributed by atoms with van der Waals surface area (Å²) >= 11 is 5.65. The quantitative estimate of drug-likeness (QED) is 0.760. The first kappa shape index (κ1) is 10.4. The number of benzene rings is 1. The fourth-order valence-electron chi connectivity index (χ4n) is 1.56. The van der Waals surface area contributed by atoms with Crippen LogP contribution in [0.4, 0.5) is 4.39 Å². The second-order valence-electron chi connectivity index (χ2n) is 3.35. The van der Waals surface area contributed by atoms with Gasteiger partial charge in [0.25, 0.3) is 0 Å². The summed E-state index contributed by atoms with van der Waals surface area (Å²) in [6.07, 6.45) is 0. The third kappa shape index (κ3) is 2.11. The van der Waals surface area contributed by atoms with E-state index in [0.29, 0.717) is 18.7 Å². The van der Waals surface area contributed by atoms with Crippen LogP contribution in [0.3, 0.4) is 0 Å². The number of amides is 1. The molecule has 0 radical (unpaired) electrons. The van der Waals surface area contributed by atoms with Crippen LogP contribution in [-0.2, 0) is 4.79 Å². The van der Waals surface area contributed by atoms with E-state index in [9.17, 15) is 9.18 Å². The molecule has 2 N–H and O–H groups in total. The Kier molecular flexibility index (Phi) is 2.88. The number of rotatable bonds is 1. The maximum atomic E-state index is 12.9. The van der Waals surface area contributed by atoms with Gasteiger partial charge in [-0.3, -0.25) is 4.79 Å². The number of halogens is 2. The molecule has 15 heavy (non-hydrogen) atoms. The molecule has 1 aliphatic rings. The molecule has 5 heteroatoms. The average molecular weight is 229 g/mol. The molecule has 1 unspecified atom stereocenters. The zero-order valence-corrected chi connectivity index (χ0v) is 8.64. The third-order valence-corrected chi connectivity index (χ3v) is 2.60. The van der Waals surface area contributed by atoms with E-state index in [2.05, 4.69) is 10.6 Å². The SMILES string of the molecule is O=C1NCCNC1c1ccc(F)c(Cl)c1. The van der Waals surface area contributed by atoms with Crippen molar-refractivity contribution in [1.82, 2.24) is 10.6 Å². The lowest BCUT2D eigenvalue weighted by Crippen LogP contribution is -2.47. The molecule has 0 aliphatic carbocycles. The zero-order chi connectivity index (χ0) is 10.8. The minimum absolute atomic E-state index is 0.0349. The smallest absolute Gasteiger partial charge is 0.241 e. The minimum Gasteiger partial charge on any atom is -0.353 e. The summed E-state index contributed by atoms with van der Waals surface area (Å²) in [4.78, 5) is 11.5. The molecular formula is C10H10ClFN2O. The standard InChI is InChI=1S/C10H10ClFN2O/c11-7-5-6(1-2-8(7)12)9-10(15)14-4-3-13-9/h1-2,5,9,13H,3-4H2,(H,14,15). The molecule has 1 aromatic carbocycles. The van der Waals surface area contributed by atoms with Gasteiger partial charge in [-0.2, -0.15) is 0 Å². The molecule has 3 nitrogen and oxygen atoms in total. The lowest BCUT2D eigenvalue weighted by Gasteiger charge is -2.23. The van der Waals surface area contributed by atoms with Gasteiger partial charge in [0.15, 0.2) is 0 Å². The van der Waals surface area contributed by atoms with Crippen molar-refractivity contribution in [2.24, 2.45) is 0 Å². The zero-order valence-electron chi connectivity index (χ0n) is 7.89. The molecule has 2 rings (SSSR count). The summed E-state index contributed by atoms with van der Waals surface area (Å²) in [5, 5.41) is 5.80. The Hall–Kier alpha value is -1.13. The maximum Gasteiger partial charge on any atom is 0.241 e. The molecule has 80 valence electrons. The maximum absolute atomic E-state index is 12.9.